The first-order valence-electron chi connectivity index (χ1n) is 10.2. The van der Waals surface area contributed by atoms with Gasteiger partial charge in [-0.3, -0.25) is 0 Å². The van der Waals surface area contributed by atoms with Crippen LogP contribution in [0.5, 0.6) is 11.5 Å². The van der Waals surface area contributed by atoms with Gasteiger partial charge >= 0.3 is 0 Å². The molecule has 31 heavy (non-hydrogen) atoms. The molecule has 0 aliphatic carbocycles. The van der Waals surface area contributed by atoms with Gasteiger partial charge in [0.15, 0.2) is 0 Å². The lowest BCUT2D eigenvalue weighted by Gasteiger charge is -2.25. The molecule has 2 heterocycles. The summed E-state index contributed by atoms with van der Waals surface area (Å²) in [5.41, 5.74) is 9.16. The minimum absolute atomic E-state index is 0.0287. The highest BCUT2D eigenvalue weighted by molar-refractivity contribution is 6.31. The van der Waals surface area contributed by atoms with Crippen molar-refractivity contribution in [2.75, 3.05) is 18.8 Å². The van der Waals surface area contributed by atoms with Gasteiger partial charge in [-0.2, -0.15) is 5.26 Å². The van der Waals surface area contributed by atoms with E-state index in [2.05, 4.69) is 16.4 Å². The number of ether oxygens (including phenoxy) is 1. The minimum Gasteiger partial charge on any atom is -0.507 e. The van der Waals surface area contributed by atoms with Crippen molar-refractivity contribution in [3.63, 3.8) is 0 Å². The maximum Gasteiger partial charge on any atom is 0.142 e. The van der Waals surface area contributed by atoms with Gasteiger partial charge in [0.1, 0.15) is 30.0 Å². The van der Waals surface area contributed by atoms with Crippen molar-refractivity contribution in [2.45, 2.75) is 25.4 Å². The van der Waals surface area contributed by atoms with Crippen LogP contribution in [0.15, 0.2) is 48.5 Å². The lowest BCUT2D eigenvalue weighted by Crippen LogP contribution is -2.29. The molecule has 2 aromatic carbocycles. The molecule has 0 saturated carbocycles. The number of benzene rings is 2. The standard InChI is InChI=1S/C24H23ClN4O2/c25-19-7-2-1-5-16(19)14-31-22-9-3-8-21(30)23(22)20-11-17(15-6-4-10-28-13-15)18(12-26)24(27)29-20/h1-3,5,7-9,11,15,28,30H,4,6,10,13-14H2,(H2,27,29). The SMILES string of the molecule is N#Cc1c(C2CCCNC2)cc(-c2c(O)cccc2OCc2ccccc2Cl)nc1N. The van der Waals surface area contributed by atoms with Crippen LogP contribution in [0.25, 0.3) is 11.3 Å². The van der Waals surface area contributed by atoms with Crippen molar-refractivity contribution >= 4 is 17.4 Å². The summed E-state index contributed by atoms with van der Waals surface area (Å²) in [6.45, 7) is 1.97. The molecule has 1 saturated heterocycles. The Labute approximate surface area is 186 Å². The number of rotatable bonds is 5. The predicted molar refractivity (Wildman–Crippen MR) is 121 cm³/mol. The third-order valence-corrected chi connectivity index (χ3v) is 5.90. The van der Waals surface area contributed by atoms with Crippen molar-refractivity contribution in [1.82, 2.24) is 10.3 Å². The van der Waals surface area contributed by atoms with E-state index in [0.29, 0.717) is 27.6 Å². The van der Waals surface area contributed by atoms with Crippen LogP contribution >= 0.6 is 11.6 Å². The van der Waals surface area contributed by atoms with E-state index in [1.165, 1.54) is 0 Å². The summed E-state index contributed by atoms with van der Waals surface area (Å²) in [7, 11) is 0. The Balaban J connectivity index is 1.75. The van der Waals surface area contributed by atoms with Crippen LogP contribution in [0.1, 0.15) is 35.4 Å². The number of pyridine rings is 1. The number of piperidine rings is 1. The molecular weight excluding hydrogens is 412 g/mol. The first kappa shape index (κ1) is 21.0. The molecule has 4 N–H and O–H groups in total. The molecule has 1 atom stereocenters. The average molecular weight is 435 g/mol. The predicted octanol–water partition coefficient (Wildman–Crippen LogP) is 4.61. The van der Waals surface area contributed by atoms with Crippen LogP contribution in [-0.4, -0.2) is 23.2 Å². The highest BCUT2D eigenvalue weighted by Gasteiger charge is 2.24. The van der Waals surface area contributed by atoms with E-state index < -0.39 is 0 Å². The van der Waals surface area contributed by atoms with Gasteiger partial charge < -0.3 is 20.9 Å². The Morgan fingerprint density at radius 3 is 2.84 bits per heavy atom. The average Bonchev–Trinajstić information content (AvgIpc) is 2.78. The summed E-state index contributed by atoms with van der Waals surface area (Å²) in [5, 5.41) is 24.3. The van der Waals surface area contributed by atoms with E-state index >= 15 is 0 Å². The fraction of sp³-hybridized carbons (Fsp3) is 0.250. The minimum atomic E-state index is 0.0287. The maximum atomic E-state index is 10.7. The van der Waals surface area contributed by atoms with Gasteiger partial charge in [-0.25, -0.2) is 4.98 Å². The van der Waals surface area contributed by atoms with E-state index in [-0.39, 0.29) is 24.1 Å². The van der Waals surface area contributed by atoms with Crippen LogP contribution in [0.4, 0.5) is 5.82 Å². The topological polar surface area (TPSA) is 104 Å². The largest absolute Gasteiger partial charge is 0.507 e. The smallest absolute Gasteiger partial charge is 0.142 e. The Morgan fingerprint density at radius 1 is 1.26 bits per heavy atom. The zero-order chi connectivity index (χ0) is 21.8. The molecule has 0 bridgehead atoms. The van der Waals surface area contributed by atoms with Crippen LogP contribution < -0.4 is 15.8 Å². The Bertz CT molecular complexity index is 1140. The molecule has 1 aromatic heterocycles. The molecule has 4 rings (SSSR count). The van der Waals surface area contributed by atoms with Gasteiger partial charge in [0.2, 0.25) is 0 Å². The summed E-state index contributed by atoms with van der Waals surface area (Å²) in [5.74, 6) is 0.803. The van der Waals surface area contributed by atoms with Crippen LogP contribution in [0, 0.1) is 11.3 Å². The number of anilines is 1. The van der Waals surface area contributed by atoms with Gasteiger partial charge in [0.05, 0.1) is 16.8 Å². The first-order chi connectivity index (χ1) is 15.1. The number of nitrogens with two attached hydrogens (primary N) is 1. The van der Waals surface area contributed by atoms with Crippen LogP contribution in [0.3, 0.4) is 0 Å². The lowest BCUT2D eigenvalue weighted by molar-refractivity contribution is 0.306. The Hall–Kier alpha value is -3.27. The first-order valence-corrected chi connectivity index (χ1v) is 10.6. The number of phenols is 1. The van der Waals surface area contributed by atoms with Crippen molar-refractivity contribution in [1.29, 1.82) is 5.26 Å². The second kappa shape index (κ2) is 9.25. The third kappa shape index (κ3) is 4.43. The van der Waals surface area contributed by atoms with Crippen molar-refractivity contribution in [2.24, 2.45) is 0 Å². The molecule has 0 amide bonds. The monoisotopic (exact) mass is 434 g/mol. The number of aromatic nitrogens is 1. The maximum absolute atomic E-state index is 10.7. The fourth-order valence-electron chi connectivity index (χ4n) is 3.94. The van der Waals surface area contributed by atoms with E-state index in [4.69, 9.17) is 22.1 Å². The normalized spacial score (nSPS) is 15.9. The highest BCUT2D eigenvalue weighted by Crippen LogP contribution is 2.40. The van der Waals surface area contributed by atoms with E-state index in [9.17, 15) is 10.4 Å². The Kier molecular flexibility index (Phi) is 6.26. The molecule has 6 nitrogen and oxygen atoms in total. The lowest BCUT2D eigenvalue weighted by atomic mass is 9.88. The highest BCUT2D eigenvalue weighted by atomic mass is 35.5. The molecular formula is C24H23ClN4O2. The zero-order valence-electron chi connectivity index (χ0n) is 16.9. The van der Waals surface area contributed by atoms with Gasteiger partial charge in [-0.05, 0) is 55.1 Å². The Morgan fingerprint density at radius 2 is 2.10 bits per heavy atom. The number of aromatic hydroxyl groups is 1. The van der Waals surface area contributed by atoms with Crippen molar-refractivity contribution in [3.05, 3.63) is 70.2 Å². The number of nitriles is 1. The summed E-state index contributed by atoms with van der Waals surface area (Å²) >= 11 is 6.24. The van der Waals surface area contributed by atoms with Gasteiger partial charge in [0.25, 0.3) is 0 Å². The number of hydrogen-bond acceptors (Lipinski definition) is 6. The molecule has 1 unspecified atom stereocenters. The summed E-state index contributed by atoms with van der Waals surface area (Å²) in [6, 6.07) is 16.5. The van der Waals surface area contributed by atoms with Crippen LogP contribution in [-0.2, 0) is 6.61 Å². The van der Waals surface area contributed by atoms with Crippen molar-refractivity contribution < 1.29 is 9.84 Å². The molecule has 0 spiro atoms. The zero-order valence-corrected chi connectivity index (χ0v) is 17.7. The van der Waals surface area contributed by atoms with E-state index in [1.54, 1.807) is 24.3 Å². The number of nitrogen functional groups attached to an aromatic ring is 1. The quantitative estimate of drug-likeness (QED) is 0.541. The molecule has 3 aromatic rings. The third-order valence-electron chi connectivity index (χ3n) is 5.53. The summed E-state index contributed by atoms with van der Waals surface area (Å²) in [4.78, 5) is 4.43. The van der Waals surface area contributed by atoms with E-state index in [0.717, 1.165) is 37.1 Å². The molecule has 0 radical (unpaired) electrons. The van der Waals surface area contributed by atoms with Gasteiger partial charge in [0, 0.05) is 17.1 Å². The number of nitrogens with one attached hydrogen (secondary N) is 1. The molecule has 1 fully saturated rings. The molecule has 1 aliphatic rings. The second-order valence-corrected chi connectivity index (χ2v) is 7.95. The van der Waals surface area contributed by atoms with Gasteiger partial charge in [-0.15, -0.1) is 0 Å². The van der Waals surface area contributed by atoms with E-state index in [1.807, 2.05) is 24.3 Å². The molecule has 1 aliphatic heterocycles. The number of phenolic OH excluding ortho intramolecular Hbond substituents is 1. The molecule has 158 valence electrons. The summed E-state index contributed by atoms with van der Waals surface area (Å²) < 4.78 is 6.02. The van der Waals surface area contributed by atoms with Gasteiger partial charge in [-0.1, -0.05) is 35.9 Å². The number of halogens is 1. The van der Waals surface area contributed by atoms with Crippen LogP contribution in [0.2, 0.25) is 5.02 Å². The number of nitrogens with zero attached hydrogens (tertiary/aromatic N) is 2. The fourth-order valence-corrected chi connectivity index (χ4v) is 4.13. The summed E-state index contributed by atoms with van der Waals surface area (Å²) in [6.07, 6.45) is 1.98. The number of hydrogen-bond donors (Lipinski definition) is 3. The molecule has 7 heteroatoms. The second-order valence-electron chi connectivity index (χ2n) is 7.54. The van der Waals surface area contributed by atoms with Crippen molar-refractivity contribution in [3.8, 4) is 28.8 Å².